The van der Waals surface area contributed by atoms with Crippen LogP contribution in [0.5, 0.6) is 51.7 Å². The fourth-order valence-electron chi connectivity index (χ4n) is 6.58. The first-order chi connectivity index (χ1) is 48.4. The van der Waals surface area contributed by atoms with Gasteiger partial charge in [0.2, 0.25) is 10.2 Å². The van der Waals surface area contributed by atoms with Crippen molar-refractivity contribution in [1.82, 2.24) is 0 Å². The summed E-state index contributed by atoms with van der Waals surface area (Å²) in [5, 5.41) is 0.484. The van der Waals surface area contributed by atoms with E-state index in [1.54, 1.807) is 200 Å². The average Bonchev–Trinajstić information content (AvgIpc) is 0.799. The average molecular weight is 1770 g/mol. The van der Waals surface area contributed by atoms with Crippen LogP contribution in [-0.4, -0.2) is 176 Å². The lowest BCUT2D eigenvalue weighted by Gasteiger charge is -2.17. The normalized spacial score (nSPS) is 9.69. The number of thiol groups is 3. The third kappa shape index (κ3) is 52.5. The summed E-state index contributed by atoms with van der Waals surface area (Å²) in [5.74, 6) is 7.78. The summed E-state index contributed by atoms with van der Waals surface area (Å²) in [6.07, 6.45) is 0. The molecule has 29 heteroatoms. The van der Waals surface area contributed by atoms with E-state index in [4.69, 9.17) is 48.4 Å². The molecule has 8 rings (SSSR count). The maximum Gasteiger partial charge on any atom is 0.224 e. The van der Waals surface area contributed by atoms with E-state index in [0.717, 1.165) is 69.3 Å². The minimum Gasteiger partial charge on any atom is -0.497 e. The van der Waals surface area contributed by atoms with Crippen LogP contribution in [0.2, 0.25) is 0 Å². The number of rotatable bonds is 14. The molecule has 18 nitrogen and oxygen atoms in total. The number of ether oxygens (including phenoxy) is 12. The molecule has 0 saturated carbocycles. The van der Waals surface area contributed by atoms with Gasteiger partial charge in [-0.1, -0.05) is 94.8 Å². The Balaban J connectivity index is -0.000000556. The number of methoxy groups -OCH3 is 12. The van der Waals surface area contributed by atoms with Crippen molar-refractivity contribution in [3.8, 4) is 51.7 Å². The third-order valence-electron chi connectivity index (χ3n) is 10.5. The number of carbonyl (C=O) groups excluding carboxylic acids is 2. The molecule has 0 aromatic heterocycles. The number of anilines is 1. The molecular weight excluding hydrogens is 1670 g/mol. The second-order valence-electron chi connectivity index (χ2n) is 21.5. The second-order valence-corrected chi connectivity index (χ2v) is 37.6. The molecule has 0 spiro atoms. The Kier molecular flexibility index (Phi) is 61.7. The SMILES string of the molecule is CBr.COC.COC.COC.COc1cc(N)cc(Br)c1OC.COc1cc(SC(=O)c2ccccc2)cc(Br)c1OC.COc1cc(SC(=O)c2ccccc2)cc(P(C)(C)=O)c1OC.COc1cccc(S)c1.COc1cccc(S)c1.COc1cccc(S)c1.CP(C)(C)=O.CP(C)(C)=O. The van der Waals surface area contributed by atoms with Gasteiger partial charge in [0.05, 0.1) is 92.5 Å². The van der Waals surface area contributed by atoms with E-state index in [9.17, 15) is 23.3 Å². The van der Waals surface area contributed by atoms with Crippen LogP contribution < -0.4 is 53.7 Å². The first kappa shape index (κ1) is 104. The molecule has 8 aromatic rings. The number of benzene rings is 8. The van der Waals surface area contributed by atoms with Gasteiger partial charge in [-0.2, -0.15) is 0 Å². The van der Waals surface area contributed by atoms with Crippen molar-refractivity contribution < 1.29 is 80.1 Å². The van der Waals surface area contributed by atoms with Crippen LogP contribution in [0.15, 0.2) is 203 Å². The summed E-state index contributed by atoms with van der Waals surface area (Å²) < 4.78 is 93.5. The van der Waals surface area contributed by atoms with Crippen molar-refractivity contribution in [1.29, 1.82) is 0 Å². The topological polar surface area (TPSA) is 222 Å². The predicted octanol–water partition coefficient (Wildman–Crippen LogP) is 20.6. The van der Waals surface area contributed by atoms with Gasteiger partial charge in [0.15, 0.2) is 34.5 Å². The number of nitrogen functional groups attached to an aromatic ring is 1. The molecule has 0 unspecified atom stereocenters. The zero-order chi connectivity index (χ0) is 79.9. The molecule has 0 saturated heterocycles. The molecule has 0 radical (unpaired) electrons. The molecule has 0 aliphatic rings. The number of halogens is 3. The molecule has 0 amide bonds. The van der Waals surface area contributed by atoms with Crippen molar-refractivity contribution in [2.75, 3.05) is 172 Å². The van der Waals surface area contributed by atoms with Crippen molar-refractivity contribution in [3.05, 3.63) is 190 Å². The van der Waals surface area contributed by atoms with Crippen LogP contribution in [0, 0.1) is 0 Å². The number of thioether (sulfide) groups is 2. The summed E-state index contributed by atoms with van der Waals surface area (Å²) in [6.45, 7) is 13.8. The van der Waals surface area contributed by atoms with E-state index in [1.165, 1.54) is 14.2 Å². The van der Waals surface area contributed by atoms with E-state index < -0.39 is 21.4 Å². The molecule has 0 aliphatic carbocycles. The lowest BCUT2D eigenvalue weighted by Crippen LogP contribution is -2.10. The molecule has 0 bridgehead atoms. The molecule has 0 fully saturated rings. The summed E-state index contributed by atoms with van der Waals surface area (Å²) >= 11 is 24.3. The molecular formula is C74H105Br3NO17P3S5. The van der Waals surface area contributed by atoms with Crippen molar-refractivity contribution in [2.45, 2.75) is 24.5 Å². The van der Waals surface area contributed by atoms with Crippen LogP contribution >= 0.6 is 131 Å². The van der Waals surface area contributed by atoms with Crippen LogP contribution in [0.1, 0.15) is 20.7 Å². The lowest BCUT2D eigenvalue weighted by atomic mass is 10.2. The van der Waals surface area contributed by atoms with Gasteiger partial charge >= 0.3 is 0 Å². The maximum absolute atomic E-state index is 12.5. The minimum atomic E-state index is -2.58. The third-order valence-corrected chi connectivity index (χ3v) is 15.8. The summed E-state index contributed by atoms with van der Waals surface area (Å²) in [6, 6.07) is 51.5. The fraction of sp³-hybridized carbons (Fsp3) is 0.324. The molecule has 0 atom stereocenters. The first-order valence-corrected chi connectivity index (χ1v) is 44.8. The van der Waals surface area contributed by atoms with E-state index in [-0.39, 0.29) is 10.2 Å². The first-order valence-electron chi connectivity index (χ1n) is 30.0. The van der Waals surface area contributed by atoms with Gasteiger partial charge in [-0.05, 0) is 199 Å². The lowest BCUT2D eigenvalue weighted by molar-refractivity contribution is 0.108. The van der Waals surface area contributed by atoms with E-state index in [1.807, 2.05) is 121 Å². The van der Waals surface area contributed by atoms with Crippen molar-refractivity contribution in [3.63, 3.8) is 0 Å². The van der Waals surface area contributed by atoms with Crippen LogP contribution in [0.4, 0.5) is 5.69 Å². The molecule has 103 heavy (non-hydrogen) atoms. The molecule has 2 N–H and O–H groups in total. The number of hydrogen-bond donors (Lipinski definition) is 4. The van der Waals surface area contributed by atoms with E-state index in [2.05, 4.69) is 99.9 Å². The number of alkyl halides is 1. The summed E-state index contributed by atoms with van der Waals surface area (Å²) in [7, 11) is 18.1. The smallest absolute Gasteiger partial charge is 0.224 e. The Morgan fingerprint density at radius 3 is 0.883 bits per heavy atom. The van der Waals surface area contributed by atoms with Gasteiger partial charge in [-0.3, -0.25) is 9.59 Å². The number of hydrogen-bond acceptors (Lipinski definition) is 23. The van der Waals surface area contributed by atoms with Crippen LogP contribution in [0.25, 0.3) is 0 Å². The van der Waals surface area contributed by atoms with Crippen molar-refractivity contribution >= 4 is 152 Å². The molecule has 8 aromatic carbocycles. The van der Waals surface area contributed by atoms with Crippen LogP contribution in [-0.2, 0) is 27.9 Å². The Bertz CT molecular complexity index is 3610. The van der Waals surface area contributed by atoms with Gasteiger partial charge in [-0.25, -0.2) is 0 Å². The highest BCUT2D eigenvalue weighted by atomic mass is 79.9. The zero-order valence-corrected chi connectivity index (χ0v) is 75.1. The highest BCUT2D eigenvalue weighted by Crippen LogP contribution is 2.45. The monoisotopic (exact) mass is 1770 g/mol. The van der Waals surface area contributed by atoms with Gasteiger partial charge in [0.1, 0.15) is 24.4 Å². The fourth-order valence-corrected chi connectivity index (χ4v) is 11.4. The van der Waals surface area contributed by atoms with Gasteiger partial charge in [0.25, 0.3) is 0 Å². The summed E-state index contributed by atoms with van der Waals surface area (Å²) in [5.41, 5.74) is 7.52. The largest absolute Gasteiger partial charge is 0.497 e. The van der Waals surface area contributed by atoms with Gasteiger partial charge in [0, 0.05) is 90.0 Å². The standard InChI is InChI=1S/C17H19O4PS.C15H13BrO3S.C8H10BrNO2.3C7H8OS.2C3H9OP.3C2H6O.CH3Br/c1-20-14-10-13(11-15(16(14)21-2)22(3,4)19)23-17(18)12-8-6-5-7-9-12;1-18-13-9-11(8-12(16)14(13)19-2)20-15(17)10-6-4-3-5-7-10;1-11-7-4-5(10)3-6(9)8(7)12-2;3*1-8-6-3-2-4-7(9)5-6;2*1-5(2,3)4;3*1-3-2;1-2/h5-11H,1-4H3;3-9H,1-2H3;3-4H,10H2,1-2H3;3*2-5,9H,1H3;2*1-3H3;3*1-2H3;1H3. The quantitative estimate of drug-likeness (QED) is 0.0261. The van der Waals surface area contributed by atoms with Gasteiger partial charge in [-0.15, -0.1) is 37.9 Å². The Labute approximate surface area is 664 Å². The molecule has 574 valence electrons. The maximum atomic E-state index is 12.5. The van der Waals surface area contributed by atoms with Crippen LogP contribution in [0.3, 0.4) is 0 Å². The minimum absolute atomic E-state index is 0.00952. The molecule has 0 aliphatic heterocycles. The van der Waals surface area contributed by atoms with E-state index in [0.29, 0.717) is 61.5 Å². The predicted molar refractivity (Wildman–Crippen MR) is 456 cm³/mol. The Morgan fingerprint density at radius 2 is 0.631 bits per heavy atom. The highest BCUT2D eigenvalue weighted by molar-refractivity contribution is 9.11. The summed E-state index contributed by atoms with van der Waals surface area (Å²) in [4.78, 5) is 28.8. The Morgan fingerprint density at radius 1 is 0.359 bits per heavy atom. The number of carbonyl (C=O) groups is 2. The second kappa shape index (κ2) is 60.9. The number of nitrogens with two attached hydrogens (primary N) is 1. The zero-order valence-electron chi connectivity index (χ0n) is 63.3. The van der Waals surface area contributed by atoms with Gasteiger partial charge < -0.3 is 76.3 Å². The Hall–Kier alpha value is -5.14. The van der Waals surface area contributed by atoms with E-state index >= 15 is 0 Å². The van der Waals surface area contributed by atoms with Crippen molar-refractivity contribution in [2.24, 2.45) is 0 Å². The molecule has 0 heterocycles. The highest BCUT2D eigenvalue weighted by Gasteiger charge is 2.23.